The minimum absolute atomic E-state index is 0.0482. The lowest BCUT2D eigenvalue weighted by Crippen LogP contribution is -2.06. The van der Waals surface area contributed by atoms with Gasteiger partial charge in [0.1, 0.15) is 17.3 Å². The molecule has 112 valence electrons. The van der Waals surface area contributed by atoms with Crippen LogP contribution in [0, 0.1) is 0 Å². The van der Waals surface area contributed by atoms with E-state index < -0.39 is 0 Å². The van der Waals surface area contributed by atoms with Crippen molar-refractivity contribution < 1.29 is 18.7 Å². The molecule has 0 N–H and O–H groups in total. The molecule has 1 aromatic heterocycles. The first-order valence-electron chi connectivity index (χ1n) is 6.20. The van der Waals surface area contributed by atoms with Gasteiger partial charge < -0.3 is 13.9 Å². The third-order valence-corrected chi connectivity index (χ3v) is 4.08. The molecule has 0 amide bonds. The van der Waals surface area contributed by atoms with Crippen LogP contribution in [0.2, 0.25) is 5.02 Å². The molecular weight excluding hydrogens is 312 g/mol. The van der Waals surface area contributed by atoms with E-state index in [4.69, 9.17) is 25.5 Å². The van der Waals surface area contributed by atoms with Crippen molar-refractivity contribution in [2.45, 2.75) is 5.75 Å². The highest BCUT2D eigenvalue weighted by molar-refractivity contribution is 7.99. The molecule has 1 heterocycles. The lowest BCUT2D eigenvalue weighted by atomic mass is 10.1. The zero-order chi connectivity index (χ0) is 15.2. The normalized spacial score (nSPS) is 10.4. The summed E-state index contributed by atoms with van der Waals surface area (Å²) in [6.07, 6.45) is 1.62. The van der Waals surface area contributed by atoms with Gasteiger partial charge in [-0.1, -0.05) is 11.6 Å². The van der Waals surface area contributed by atoms with Gasteiger partial charge in [0.15, 0.2) is 5.78 Å². The van der Waals surface area contributed by atoms with Crippen LogP contribution in [-0.4, -0.2) is 25.8 Å². The van der Waals surface area contributed by atoms with Gasteiger partial charge in [-0.15, -0.1) is 11.8 Å². The van der Waals surface area contributed by atoms with E-state index in [9.17, 15) is 4.79 Å². The number of ketones is 1. The highest BCUT2D eigenvalue weighted by atomic mass is 35.5. The van der Waals surface area contributed by atoms with E-state index in [1.807, 2.05) is 12.1 Å². The molecule has 1 aromatic carbocycles. The lowest BCUT2D eigenvalue weighted by molar-refractivity contribution is 0.101. The Kier molecular flexibility index (Phi) is 5.59. The van der Waals surface area contributed by atoms with Crippen LogP contribution in [0.15, 0.2) is 34.9 Å². The maximum atomic E-state index is 12.3. The summed E-state index contributed by atoms with van der Waals surface area (Å²) in [5.41, 5.74) is 0.454. The second-order valence-electron chi connectivity index (χ2n) is 4.18. The summed E-state index contributed by atoms with van der Waals surface area (Å²) < 4.78 is 15.6. The quantitative estimate of drug-likeness (QED) is 0.718. The van der Waals surface area contributed by atoms with Gasteiger partial charge in [0.2, 0.25) is 0 Å². The monoisotopic (exact) mass is 326 g/mol. The molecule has 0 radical (unpaired) electrons. The van der Waals surface area contributed by atoms with Crippen LogP contribution in [0.3, 0.4) is 0 Å². The second-order valence-corrected chi connectivity index (χ2v) is 5.58. The van der Waals surface area contributed by atoms with Gasteiger partial charge in [-0.3, -0.25) is 4.79 Å². The van der Waals surface area contributed by atoms with Gasteiger partial charge in [0, 0.05) is 6.07 Å². The minimum Gasteiger partial charge on any atom is -0.496 e. The van der Waals surface area contributed by atoms with E-state index in [-0.39, 0.29) is 5.78 Å². The Labute approximate surface area is 132 Å². The number of halogens is 1. The number of methoxy groups -OCH3 is 2. The van der Waals surface area contributed by atoms with Crippen molar-refractivity contribution in [3.63, 3.8) is 0 Å². The Morgan fingerprint density at radius 1 is 1.29 bits per heavy atom. The van der Waals surface area contributed by atoms with E-state index >= 15 is 0 Å². The molecule has 0 aliphatic heterocycles. The Balaban J connectivity index is 2.05. The van der Waals surface area contributed by atoms with Crippen LogP contribution < -0.4 is 9.47 Å². The number of furan rings is 1. The van der Waals surface area contributed by atoms with Crippen LogP contribution in [0.25, 0.3) is 0 Å². The number of hydrogen-bond donors (Lipinski definition) is 0. The standard InChI is InChI=1S/C15H15ClO4S/c1-18-14-7-15(19-2)12(16)6-11(14)13(17)9-21-8-10-4-3-5-20-10/h3-7H,8-9H2,1-2H3. The number of carbonyl (C=O) groups excluding carboxylic acids is 1. The number of ether oxygens (including phenoxy) is 2. The summed E-state index contributed by atoms with van der Waals surface area (Å²) in [6.45, 7) is 0. The third-order valence-electron chi connectivity index (χ3n) is 2.83. The highest BCUT2D eigenvalue weighted by Crippen LogP contribution is 2.33. The lowest BCUT2D eigenvalue weighted by Gasteiger charge is -2.11. The van der Waals surface area contributed by atoms with Crippen molar-refractivity contribution in [2.75, 3.05) is 20.0 Å². The molecule has 2 rings (SSSR count). The SMILES string of the molecule is COc1cc(OC)c(C(=O)CSCc2ccco2)cc1Cl. The van der Waals surface area contributed by atoms with Crippen molar-refractivity contribution in [3.05, 3.63) is 46.9 Å². The van der Waals surface area contributed by atoms with E-state index in [0.29, 0.717) is 33.6 Å². The molecule has 0 saturated carbocycles. The van der Waals surface area contributed by atoms with E-state index in [2.05, 4.69) is 0 Å². The van der Waals surface area contributed by atoms with E-state index in [0.717, 1.165) is 5.76 Å². The van der Waals surface area contributed by atoms with Gasteiger partial charge in [-0.25, -0.2) is 0 Å². The number of thioether (sulfide) groups is 1. The van der Waals surface area contributed by atoms with Crippen LogP contribution in [0.1, 0.15) is 16.1 Å². The average molecular weight is 327 g/mol. The van der Waals surface area contributed by atoms with Crippen molar-refractivity contribution >= 4 is 29.1 Å². The molecule has 0 bridgehead atoms. The molecule has 0 unspecified atom stereocenters. The Bertz CT molecular complexity index is 610. The summed E-state index contributed by atoms with van der Waals surface area (Å²) in [4.78, 5) is 12.3. The first-order valence-corrected chi connectivity index (χ1v) is 7.73. The molecule has 0 spiro atoms. The second kappa shape index (κ2) is 7.43. The molecule has 0 aliphatic carbocycles. The first-order chi connectivity index (χ1) is 10.2. The summed E-state index contributed by atoms with van der Waals surface area (Å²) in [5, 5.41) is 0.387. The third kappa shape index (κ3) is 3.95. The maximum absolute atomic E-state index is 12.3. The Morgan fingerprint density at radius 3 is 2.67 bits per heavy atom. The first kappa shape index (κ1) is 15.8. The topological polar surface area (TPSA) is 48.7 Å². The van der Waals surface area contributed by atoms with Crippen molar-refractivity contribution in [2.24, 2.45) is 0 Å². The number of benzene rings is 1. The summed E-state index contributed by atoms with van der Waals surface area (Å²) in [6, 6.07) is 6.90. The Morgan fingerprint density at radius 2 is 2.05 bits per heavy atom. The predicted molar refractivity (Wildman–Crippen MR) is 83.8 cm³/mol. The van der Waals surface area contributed by atoms with Gasteiger partial charge in [0.25, 0.3) is 0 Å². The molecule has 2 aromatic rings. The van der Waals surface area contributed by atoms with E-state index in [1.165, 1.54) is 26.0 Å². The van der Waals surface area contributed by atoms with Crippen LogP contribution >= 0.6 is 23.4 Å². The fraction of sp³-hybridized carbons (Fsp3) is 0.267. The van der Waals surface area contributed by atoms with Crippen LogP contribution in [0.4, 0.5) is 0 Å². The van der Waals surface area contributed by atoms with E-state index in [1.54, 1.807) is 18.4 Å². The number of rotatable bonds is 7. The smallest absolute Gasteiger partial charge is 0.176 e. The number of Topliss-reactive ketones (excluding diaryl/α,β-unsaturated/α-hetero) is 1. The predicted octanol–water partition coefficient (Wildman–Crippen LogP) is 4.07. The van der Waals surface area contributed by atoms with Gasteiger partial charge in [0.05, 0.1) is 42.6 Å². The van der Waals surface area contributed by atoms with Gasteiger partial charge in [-0.05, 0) is 18.2 Å². The van der Waals surface area contributed by atoms with Crippen LogP contribution in [-0.2, 0) is 5.75 Å². The highest BCUT2D eigenvalue weighted by Gasteiger charge is 2.16. The fourth-order valence-electron chi connectivity index (χ4n) is 1.79. The van der Waals surface area contributed by atoms with Gasteiger partial charge in [-0.2, -0.15) is 0 Å². The largest absolute Gasteiger partial charge is 0.496 e. The number of hydrogen-bond acceptors (Lipinski definition) is 5. The molecule has 0 saturated heterocycles. The van der Waals surface area contributed by atoms with Crippen molar-refractivity contribution in [3.8, 4) is 11.5 Å². The molecule has 4 nitrogen and oxygen atoms in total. The summed E-state index contributed by atoms with van der Waals surface area (Å²) >= 11 is 7.54. The van der Waals surface area contributed by atoms with Gasteiger partial charge >= 0.3 is 0 Å². The molecule has 0 fully saturated rings. The zero-order valence-corrected chi connectivity index (χ0v) is 13.3. The minimum atomic E-state index is -0.0482. The number of carbonyl (C=O) groups is 1. The average Bonchev–Trinajstić information content (AvgIpc) is 3.00. The maximum Gasteiger partial charge on any atom is 0.176 e. The van der Waals surface area contributed by atoms with Crippen molar-refractivity contribution in [1.82, 2.24) is 0 Å². The molecular formula is C15H15ClO4S. The molecule has 0 aliphatic rings. The van der Waals surface area contributed by atoms with Crippen LogP contribution in [0.5, 0.6) is 11.5 Å². The fourth-order valence-corrected chi connectivity index (χ4v) is 2.84. The summed E-state index contributed by atoms with van der Waals surface area (Å²) in [5.74, 6) is 2.69. The molecule has 0 atom stereocenters. The molecule has 6 heteroatoms. The zero-order valence-electron chi connectivity index (χ0n) is 11.7. The summed E-state index contributed by atoms with van der Waals surface area (Å²) in [7, 11) is 3.02. The van der Waals surface area contributed by atoms with Crippen molar-refractivity contribution in [1.29, 1.82) is 0 Å². The molecule has 21 heavy (non-hydrogen) atoms. The Hall–Kier alpha value is -1.59.